The van der Waals surface area contributed by atoms with Gasteiger partial charge in [-0.1, -0.05) is 42.5 Å². The summed E-state index contributed by atoms with van der Waals surface area (Å²) in [6, 6.07) is 13.8. The normalized spacial score (nSPS) is 11.9. The van der Waals surface area contributed by atoms with Crippen molar-refractivity contribution in [1.29, 1.82) is 0 Å². The van der Waals surface area contributed by atoms with Gasteiger partial charge >= 0.3 is 0 Å². The molecule has 0 amide bonds. The van der Waals surface area contributed by atoms with Gasteiger partial charge in [0.05, 0.1) is 11.4 Å². The predicted octanol–water partition coefficient (Wildman–Crippen LogP) is 3.35. The van der Waals surface area contributed by atoms with Crippen molar-refractivity contribution in [2.75, 3.05) is 6.54 Å². The largest absolute Gasteiger partial charge is 0.295 e. The zero-order valence-corrected chi connectivity index (χ0v) is 13.8. The van der Waals surface area contributed by atoms with Gasteiger partial charge < -0.3 is 0 Å². The number of sulfonamides is 1. The van der Waals surface area contributed by atoms with Gasteiger partial charge in [0, 0.05) is 12.1 Å². The minimum absolute atomic E-state index is 0.121. The van der Waals surface area contributed by atoms with E-state index in [1.807, 2.05) is 0 Å². The molecule has 0 atom stereocenters. The van der Waals surface area contributed by atoms with Crippen LogP contribution in [0.1, 0.15) is 22.8 Å². The Morgan fingerprint density at radius 1 is 1.04 bits per heavy atom. The summed E-state index contributed by atoms with van der Waals surface area (Å²) >= 11 is 0. The summed E-state index contributed by atoms with van der Waals surface area (Å²) < 4.78 is 51.8. The monoisotopic (exact) mass is 353 g/mol. The maximum atomic E-state index is 12.9. The third-order valence-electron chi connectivity index (χ3n) is 3.44. The Morgan fingerprint density at radius 2 is 1.62 bits per heavy atom. The number of alkyl halides is 2. The number of carbonyl (C=O) groups is 1. The standard InChI is InChI=1S/C17H17F2NO3S/c1-13(21)15-7-9-16(10-8-15)24(22,23)20(12-17(18)19)11-14-5-3-2-4-6-14/h2-10,17H,11-12H2,1H3. The fourth-order valence-electron chi connectivity index (χ4n) is 2.20. The van der Waals surface area contributed by atoms with Gasteiger partial charge in [-0.2, -0.15) is 4.31 Å². The molecule has 0 saturated carbocycles. The third-order valence-corrected chi connectivity index (χ3v) is 5.27. The minimum Gasteiger partial charge on any atom is -0.295 e. The molecule has 0 saturated heterocycles. The highest BCUT2D eigenvalue weighted by Gasteiger charge is 2.27. The van der Waals surface area contributed by atoms with Gasteiger partial charge in [-0.3, -0.25) is 4.79 Å². The van der Waals surface area contributed by atoms with E-state index in [2.05, 4.69) is 0 Å². The van der Waals surface area contributed by atoms with Crippen LogP contribution in [0.5, 0.6) is 0 Å². The first kappa shape index (κ1) is 18.2. The quantitative estimate of drug-likeness (QED) is 0.718. The molecular formula is C17H17F2NO3S. The number of nitrogens with zero attached hydrogens (tertiary/aromatic N) is 1. The topological polar surface area (TPSA) is 54.5 Å². The second-order valence-electron chi connectivity index (χ2n) is 5.25. The summed E-state index contributed by atoms with van der Waals surface area (Å²) in [5, 5.41) is 0. The highest BCUT2D eigenvalue weighted by atomic mass is 32.2. The van der Waals surface area contributed by atoms with Crippen LogP contribution in [0.2, 0.25) is 0 Å². The third kappa shape index (κ3) is 4.46. The lowest BCUT2D eigenvalue weighted by Gasteiger charge is -2.22. The van der Waals surface area contributed by atoms with Gasteiger partial charge in [-0.25, -0.2) is 17.2 Å². The van der Waals surface area contributed by atoms with E-state index >= 15 is 0 Å². The smallest absolute Gasteiger partial charge is 0.252 e. The van der Waals surface area contributed by atoms with E-state index in [9.17, 15) is 22.0 Å². The first-order valence-corrected chi connectivity index (χ1v) is 8.68. The van der Waals surface area contributed by atoms with Crippen molar-refractivity contribution in [2.24, 2.45) is 0 Å². The Hall–Kier alpha value is -2.12. The van der Waals surface area contributed by atoms with Gasteiger partial charge in [0.15, 0.2) is 5.78 Å². The number of hydrogen-bond donors (Lipinski definition) is 0. The molecule has 0 fully saturated rings. The minimum atomic E-state index is -4.09. The highest BCUT2D eigenvalue weighted by molar-refractivity contribution is 7.89. The maximum absolute atomic E-state index is 12.9. The molecule has 0 aliphatic rings. The second-order valence-corrected chi connectivity index (χ2v) is 7.19. The number of carbonyl (C=O) groups excluding carboxylic acids is 1. The summed E-state index contributed by atoms with van der Waals surface area (Å²) in [4.78, 5) is 11.1. The SMILES string of the molecule is CC(=O)c1ccc(S(=O)(=O)N(Cc2ccccc2)CC(F)F)cc1. The van der Waals surface area contributed by atoms with Crippen LogP contribution in [0, 0.1) is 0 Å². The zero-order valence-electron chi connectivity index (χ0n) is 13.0. The first-order valence-electron chi connectivity index (χ1n) is 7.24. The van der Waals surface area contributed by atoms with E-state index in [0.29, 0.717) is 11.1 Å². The summed E-state index contributed by atoms with van der Waals surface area (Å²) in [5.74, 6) is -0.201. The molecule has 0 unspecified atom stereocenters. The molecule has 2 aromatic rings. The van der Waals surface area contributed by atoms with E-state index in [4.69, 9.17) is 0 Å². The zero-order chi connectivity index (χ0) is 17.7. The van der Waals surface area contributed by atoms with Crippen LogP contribution in [0.4, 0.5) is 8.78 Å². The van der Waals surface area contributed by atoms with Gasteiger partial charge in [0.2, 0.25) is 10.0 Å². The van der Waals surface area contributed by atoms with Crippen LogP contribution in [-0.4, -0.2) is 31.5 Å². The number of halogens is 2. The van der Waals surface area contributed by atoms with Crippen LogP contribution in [-0.2, 0) is 16.6 Å². The van der Waals surface area contributed by atoms with Crippen LogP contribution in [0.3, 0.4) is 0 Å². The Balaban J connectivity index is 2.34. The molecule has 0 aliphatic heterocycles. The molecule has 0 heterocycles. The van der Waals surface area contributed by atoms with Crippen molar-refractivity contribution in [3.05, 3.63) is 65.7 Å². The van der Waals surface area contributed by atoms with Crippen LogP contribution >= 0.6 is 0 Å². The molecular weight excluding hydrogens is 336 g/mol. The molecule has 2 aromatic carbocycles. The van der Waals surface area contributed by atoms with Crippen LogP contribution in [0.25, 0.3) is 0 Å². The Bertz CT molecular complexity index is 790. The molecule has 4 nitrogen and oxygen atoms in total. The van der Waals surface area contributed by atoms with E-state index in [-0.39, 0.29) is 17.2 Å². The lowest BCUT2D eigenvalue weighted by atomic mass is 10.2. The average molecular weight is 353 g/mol. The molecule has 0 radical (unpaired) electrons. The molecule has 0 bridgehead atoms. The summed E-state index contributed by atoms with van der Waals surface area (Å²) in [6.07, 6.45) is -2.79. The predicted molar refractivity (Wildman–Crippen MR) is 86.5 cm³/mol. The molecule has 128 valence electrons. The Morgan fingerprint density at radius 3 is 2.12 bits per heavy atom. The first-order chi connectivity index (χ1) is 11.3. The van der Waals surface area contributed by atoms with Crippen LogP contribution in [0.15, 0.2) is 59.5 Å². The van der Waals surface area contributed by atoms with Gasteiger partial charge in [-0.15, -0.1) is 0 Å². The molecule has 0 aromatic heterocycles. The number of benzene rings is 2. The van der Waals surface area contributed by atoms with Gasteiger partial charge in [0.25, 0.3) is 6.43 Å². The second kappa shape index (κ2) is 7.63. The van der Waals surface area contributed by atoms with Gasteiger partial charge in [-0.05, 0) is 24.6 Å². The van der Waals surface area contributed by atoms with E-state index in [1.165, 1.54) is 31.2 Å². The lowest BCUT2D eigenvalue weighted by molar-refractivity contribution is 0.101. The van der Waals surface area contributed by atoms with Crippen molar-refractivity contribution in [2.45, 2.75) is 24.8 Å². The van der Waals surface area contributed by atoms with Crippen molar-refractivity contribution in [3.8, 4) is 0 Å². The fourth-order valence-corrected chi connectivity index (χ4v) is 3.61. The molecule has 24 heavy (non-hydrogen) atoms. The average Bonchev–Trinajstić information content (AvgIpc) is 2.55. The highest BCUT2D eigenvalue weighted by Crippen LogP contribution is 2.20. The van der Waals surface area contributed by atoms with Gasteiger partial charge in [0.1, 0.15) is 0 Å². The van der Waals surface area contributed by atoms with E-state index in [0.717, 1.165) is 4.31 Å². The summed E-state index contributed by atoms with van der Waals surface area (Å²) in [7, 11) is -4.09. The molecule has 0 spiro atoms. The number of Topliss-reactive ketones (excluding diaryl/α,β-unsaturated/α-hetero) is 1. The number of rotatable bonds is 7. The summed E-state index contributed by atoms with van der Waals surface area (Å²) in [5.41, 5.74) is 0.972. The Labute approximate surface area is 139 Å². The molecule has 7 heteroatoms. The fraction of sp³-hybridized carbons (Fsp3) is 0.235. The Kier molecular flexibility index (Phi) is 5.80. The molecule has 0 aliphatic carbocycles. The van der Waals surface area contributed by atoms with Crippen molar-refractivity contribution in [1.82, 2.24) is 4.31 Å². The maximum Gasteiger partial charge on any atom is 0.252 e. The summed E-state index contributed by atoms with van der Waals surface area (Å²) in [6.45, 7) is 0.315. The van der Waals surface area contributed by atoms with E-state index < -0.39 is 23.0 Å². The lowest BCUT2D eigenvalue weighted by Crippen LogP contribution is -2.34. The van der Waals surface area contributed by atoms with Crippen LogP contribution < -0.4 is 0 Å². The van der Waals surface area contributed by atoms with Crippen molar-refractivity contribution in [3.63, 3.8) is 0 Å². The molecule has 2 rings (SSSR count). The number of ketones is 1. The number of hydrogen-bond acceptors (Lipinski definition) is 3. The van der Waals surface area contributed by atoms with E-state index in [1.54, 1.807) is 30.3 Å². The molecule has 0 N–H and O–H groups in total. The van der Waals surface area contributed by atoms with Crippen molar-refractivity contribution < 1.29 is 22.0 Å². The van der Waals surface area contributed by atoms with Crippen molar-refractivity contribution >= 4 is 15.8 Å².